The summed E-state index contributed by atoms with van der Waals surface area (Å²) in [7, 11) is 1.67. The number of H-pyrrole nitrogens is 1. The number of hydrogen-bond acceptors (Lipinski definition) is 5. The van der Waals surface area contributed by atoms with E-state index in [1.54, 1.807) is 18.0 Å². The fourth-order valence-electron chi connectivity index (χ4n) is 5.03. The molecule has 1 aliphatic heterocycles. The van der Waals surface area contributed by atoms with Gasteiger partial charge >= 0.3 is 0 Å². The van der Waals surface area contributed by atoms with Crippen molar-refractivity contribution in [2.24, 2.45) is 0 Å². The average Bonchev–Trinajstić information content (AvgIpc) is 3.44. The van der Waals surface area contributed by atoms with Crippen LogP contribution < -0.4 is 9.47 Å². The van der Waals surface area contributed by atoms with Gasteiger partial charge in [-0.15, -0.1) is 0 Å². The third kappa shape index (κ3) is 4.17. The lowest BCUT2D eigenvalue weighted by Crippen LogP contribution is -2.38. The molecule has 0 unspecified atom stereocenters. The first-order valence-corrected chi connectivity index (χ1v) is 12.0. The molecule has 5 rings (SSSR count). The van der Waals surface area contributed by atoms with Crippen LogP contribution in [0.4, 0.5) is 0 Å². The number of aromatic amines is 1. The van der Waals surface area contributed by atoms with E-state index < -0.39 is 0 Å². The van der Waals surface area contributed by atoms with E-state index in [0.717, 1.165) is 48.5 Å². The summed E-state index contributed by atoms with van der Waals surface area (Å²) >= 11 is 0. The van der Waals surface area contributed by atoms with Gasteiger partial charge in [-0.25, -0.2) is 9.50 Å². The van der Waals surface area contributed by atoms with Gasteiger partial charge in [-0.3, -0.25) is 0 Å². The maximum atomic E-state index is 6.44. The number of hydrogen-bond donors (Lipinski definition) is 1. The van der Waals surface area contributed by atoms with Crippen LogP contribution in [0.3, 0.4) is 0 Å². The molecule has 1 fully saturated rings. The number of nitrogens with one attached hydrogen (secondary N) is 1. The summed E-state index contributed by atoms with van der Waals surface area (Å²) in [6, 6.07) is 8.46. The molecule has 4 heterocycles. The molecule has 0 aliphatic carbocycles. The third-order valence-corrected chi connectivity index (χ3v) is 6.61. The number of likely N-dealkylation sites (tertiary alicyclic amines) is 1. The first-order valence-electron chi connectivity index (χ1n) is 12.0. The van der Waals surface area contributed by atoms with Crippen LogP contribution in [0.15, 0.2) is 36.8 Å². The molecular weight excluding hydrogens is 414 g/mol. The Morgan fingerprint density at radius 1 is 1.18 bits per heavy atom. The van der Waals surface area contributed by atoms with Gasteiger partial charge in [0.15, 0.2) is 11.4 Å². The van der Waals surface area contributed by atoms with E-state index in [4.69, 9.17) is 9.47 Å². The van der Waals surface area contributed by atoms with Crippen molar-refractivity contribution in [2.75, 3.05) is 26.7 Å². The molecule has 1 aromatic carbocycles. The van der Waals surface area contributed by atoms with Crippen molar-refractivity contribution in [3.05, 3.63) is 42.4 Å². The van der Waals surface area contributed by atoms with E-state index in [0.29, 0.717) is 17.3 Å². The Labute approximate surface area is 194 Å². The second-order valence-corrected chi connectivity index (χ2v) is 9.26. The highest BCUT2D eigenvalue weighted by Crippen LogP contribution is 2.38. The molecule has 0 saturated carbocycles. The van der Waals surface area contributed by atoms with Crippen molar-refractivity contribution in [3.63, 3.8) is 0 Å². The van der Waals surface area contributed by atoms with Crippen molar-refractivity contribution in [1.82, 2.24) is 24.5 Å². The maximum absolute atomic E-state index is 6.44. The highest BCUT2D eigenvalue weighted by molar-refractivity contribution is 5.92. The number of pyridine rings is 1. The Hall–Kier alpha value is -3.06. The van der Waals surface area contributed by atoms with E-state index in [9.17, 15) is 0 Å². The van der Waals surface area contributed by atoms with Gasteiger partial charge in [0.05, 0.1) is 12.8 Å². The highest BCUT2D eigenvalue weighted by Gasteiger charge is 2.22. The Morgan fingerprint density at radius 3 is 2.73 bits per heavy atom. The van der Waals surface area contributed by atoms with Crippen molar-refractivity contribution >= 4 is 16.6 Å². The predicted molar refractivity (Wildman–Crippen MR) is 131 cm³/mol. The summed E-state index contributed by atoms with van der Waals surface area (Å²) in [5, 5.41) is 5.53. The summed E-state index contributed by atoms with van der Waals surface area (Å²) < 4.78 is 13.8. The predicted octanol–water partition coefficient (Wildman–Crippen LogP) is 5.26. The topological polar surface area (TPSA) is 67.7 Å². The molecule has 33 heavy (non-hydrogen) atoms. The van der Waals surface area contributed by atoms with Gasteiger partial charge in [-0.2, -0.15) is 5.10 Å². The standard InChI is InChI=1S/C26H33N5O2/c1-5-10-30-11-8-19(9-12-30)33-20-6-7-22-21(14-20)24(17(2)3)25(29-22)18-13-23(32-4)26-27-16-28-31(26)15-18/h6-7,13-17,19,29H,5,8-12H2,1-4H3. The highest BCUT2D eigenvalue weighted by atomic mass is 16.5. The number of benzene rings is 1. The second kappa shape index (κ2) is 9.06. The second-order valence-electron chi connectivity index (χ2n) is 9.26. The van der Waals surface area contributed by atoms with Crippen LogP contribution in [0, 0.1) is 0 Å². The number of aromatic nitrogens is 4. The van der Waals surface area contributed by atoms with Crippen LogP contribution in [0.5, 0.6) is 11.5 Å². The number of nitrogens with zero attached hydrogens (tertiary/aromatic N) is 4. The molecule has 0 radical (unpaired) electrons. The first kappa shape index (κ1) is 21.8. The van der Waals surface area contributed by atoms with E-state index >= 15 is 0 Å². The van der Waals surface area contributed by atoms with Gasteiger partial charge in [-0.05, 0) is 61.6 Å². The van der Waals surface area contributed by atoms with Crippen LogP contribution in [0.1, 0.15) is 51.5 Å². The lowest BCUT2D eigenvalue weighted by atomic mass is 9.96. The molecule has 1 aliphatic rings. The number of fused-ring (bicyclic) bond motifs is 2. The fourth-order valence-corrected chi connectivity index (χ4v) is 5.03. The van der Waals surface area contributed by atoms with Crippen molar-refractivity contribution in [1.29, 1.82) is 0 Å². The average molecular weight is 448 g/mol. The Bertz CT molecular complexity index is 1250. The zero-order valence-electron chi connectivity index (χ0n) is 20.0. The number of ether oxygens (including phenoxy) is 2. The number of methoxy groups -OCH3 is 1. The molecule has 7 nitrogen and oxygen atoms in total. The van der Waals surface area contributed by atoms with Gasteiger partial charge in [0.1, 0.15) is 18.2 Å². The van der Waals surface area contributed by atoms with Crippen molar-refractivity contribution < 1.29 is 9.47 Å². The summed E-state index contributed by atoms with van der Waals surface area (Å²) in [5.74, 6) is 1.99. The van der Waals surface area contributed by atoms with Gasteiger partial charge in [0.25, 0.3) is 0 Å². The largest absolute Gasteiger partial charge is 0.493 e. The third-order valence-electron chi connectivity index (χ3n) is 6.61. The summed E-state index contributed by atoms with van der Waals surface area (Å²) in [4.78, 5) is 10.5. The van der Waals surface area contributed by atoms with Crippen LogP contribution in [0.25, 0.3) is 27.8 Å². The van der Waals surface area contributed by atoms with Gasteiger partial charge in [0.2, 0.25) is 0 Å². The van der Waals surface area contributed by atoms with Gasteiger partial charge < -0.3 is 19.4 Å². The minimum absolute atomic E-state index is 0.287. The van der Waals surface area contributed by atoms with E-state index in [1.165, 1.54) is 23.9 Å². The van der Waals surface area contributed by atoms with Crippen LogP contribution in [0.2, 0.25) is 0 Å². The monoisotopic (exact) mass is 447 g/mol. The van der Waals surface area contributed by atoms with E-state index in [-0.39, 0.29) is 6.10 Å². The summed E-state index contributed by atoms with van der Waals surface area (Å²) in [5.41, 5.74) is 5.20. The molecule has 0 spiro atoms. The molecule has 4 aromatic rings. The van der Waals surface area contributed by atoms with Crippen LogP contribution in [-0.2, 0) is 0 Å². The summed E-state index contributed by atoms with van der Waals surface area (Å²) in [6.07, 6.45) is 7.23. The molecule has 1 N–H and O–H groups in total. The van der Waals surface area contributed by atoms with Crippen LogP contribution in [-0.4, -0.2) is 57.3 Å². The minimum Gasteiger partial charge on any atom is -0.493 e. The molecule has 3 aromatic heterocycles. The minimum atomic E-state index is 0.287. The zero-order chi connectivity index (χ0) is 22.9. The lowest BCUT2D eigenvalue weighted by molar-refractivity contribution is 0.101. The normalized spacial score (nSPS) is 15.7. The Kier molecular flexibility index (Phi) is 5.98. The Morgan fingerprint density at radius 2 is 2.00 bits per heavy atom. The molecule has 0 atom stereocenters. The van der Waals surface area contributed by atoms with Crippen molar-refractivity contribution in [2.45, 2.75) is 52.1 Å². The van der Waals surface area contributed by atoms with Gasteiger partial charge in [0, 0.05) is 35.8 Å². The summed E-state index contributed by atoms with van der Waals surface area (Å²) in [6.45, 7) is 10.1. The molecular formula is C26H33N5O2. The molecule has 0 amide bonds. The van der Waals surface area contributed by atoms with Crippen LogP contribution >= 0.6 is 0 Å². The smallest absolute Gasteiger partial charge is 0.197 e. The van der Waals surface area contributed by atoms with E-state index in [2.05, 4.69) is 58.9 Å². The number of piperidine rings is 1. The first-order chi connectivity index (χ1) is 16.1. The number of rotatable bonds is 7. The zero-order valence-corrected chi connectivity index (χ0v) is 20.0. The van der Waals surface area contributed by atoms with Crippen molar-refractivity contribution in [3.8, 4) is 22.8 Å². The molecule has 1 saturated heterocycles. The van der Waals surface area contributed by atoms with Gasteiger partial charge in [-0.1, -0.05) is 20.8 Å². The lowest BCUT2D eigenvalue weighted by Gasteiger charge is -2.31. The molecule has 7 heteroatoms. The quantitative estimate of drug-likeness (QED) is 0.418. The van der Waals surface area contributed by atoms with E-state index in [1.807, 2.05) is 12.3 Å². The Balaban J connectivity index is 1.48. The fraction of sp³-hybridized carbons (Fsp3) is 0.462. The maximum Gasteiger partial charge on any atom is 0.197 e. The SMILES string of the molecule is CCCN1CCC(Oc2ccc3[nH]c(-c4cc(OC)c5ncnn5c4)c(C(C)C)c3c2)CC1. The molecule has 174 valence electrons. The molecule has 0 bridgehead atoms.